The van der Waals surface area contributed by atoms with Crippen molar-refractivity contribution < 1.29 is 4.74 Å². The number of methoxy groups -OCH3 is 1. The maximum Gasteiger partial charge on any atom is 0.255 e. The molecule has 1 aliphatic heterocycles. The molecule has 7 heteroatoms. The van der Waals surface area contributed by atoms with Crippen molar-refractivity contribution in [2.75, 3.05) is 39.2 Å². The highest BCUT2D eigenvalue weighted by Gasteiger charge is 2.44. The number of nitrogens with zero attached hydrogens (tertiary/aromatic N) is 4. The van der Waals surface area contributed by atoms with Gasteiger partial charge < -0.3 is 9.64 Å². The Balaban J connectivity index is 1.61. The van der Waals surface area contributed by atoms with Gasteiger partial charge in [0.25, 0.3) is 5.56 Å². The van der Waals surface area contributed by atoms with E-state index in [-0.39, 0.29) is 11.0 Å². The first-order valence-electron chi connectivity index (χ1n) is 9.53. The van der Waals surface area contributed by atoms with Crippen molar-refractivity contribution in [1.82, 2.24) is 19.9 Å². The number of anilines is 1. The number of aromatic amines is 1. The number of ether oxygens (including phenoxy) is 1. The molecule has 2 aromatic heterocycles. The van der Waals surface area contributed by atoms with Crippen LogP contribution in [-0.4, -0.2) is 54.1 Å². The van der Waals surface area contributed by atoms with Gasteiger partial charge in [-0.2, -0.15) is 0 Å². The molecule has 1 atom stereocenters. The zero-order valence-electron chi connectivity index (χ0n) is 16.3. The summed E-state index contributed by atoms with van der Waals surface area (Å²) in [5, 5.41) is 0. The van der Waals surface area contributed by atoms with Crippen molar-refractivity contribution in [2.45, 2.75) is 37.6 Å². The number of rotatable bonds is 4. The van der Waals surface area contributed by atoms with Crippen LogP contribution in [0.2, 0.25) is 0 Å². The molecule has 1 fully saturated rings. The van der Waals surface area contributed by atoms with Crippen molar-refractivity contribution in [1.29, 1.82) is 0 Å². The summed E-state index contributed by atoms with van der Waals surface area (Å²) >= 11 is 0. The van der Waals surface area contributed by atoms with Crippen LogP contribution in [0.25, 0.3) is 0 Å². The maximum absolute atomic E-state index is 12.5. The number of pyridine rings is 1. The lowest BCUT2D eigenvalue weighted by Crippen LogP contribution is -2.45. The second kappa shape index (κ2) is 6.96. The molecule has 1 spiro atoms. The fourth-order valence-corrected chi connectivity index (χ4v) is 4.53. The van der Waals surface area contributed by atoms with E-state index in [1.807, 2.05) is 31.1 Å². The van der Waals surface area contributed by atoms with E-state index in [1.165, 1.54) is 5.56 Å². The van der Waals surface area contributed by atoms with Crippen LogP contribution in [0.1, 0.15) is 36.1 Å². The molecule has 1 N–H and O–H groups in total. The molecule has 1 saturated heterocycles. The summed E-state index contributed by atoms with van der Waals surface area (Å²) < 4.78 is 5.25. The van der Waals surface area contributed by atoms with E-state index in [2.05, 4.69) is 14.9 Å². The van der Waals surface area contributed by atoms with Gasteiger partial charge in [-0.3, -0.25) is 14.7 Å². The normalized spacial score (nSPS) is 22.0. The minimum Gasteiger partial charge on any atom is -0.481 e. The van der Waals surface area contributed by atoms with E-state index in [9.17, 15) is 4.79 Å². The molecule has 3 heterocycles. The van der Waals surface area contributed by atoms with Crippen LogP contribution in [0.15, 0.2) is 23.1 Å². The van der Waals surface area contributed by atoms with E-state index >= 15 is 0 Å². The summed E-state index contributed by atoms with van der Waals surface area (Å²) in [6.07, 6.45) is 5.84. The zero-order chi connectivity index (χ0) is 19.0. The third kappa shape index (κ3) is 3.32. The Hall–Kier alpha value is -2.41. The van der Waals surface area contributed by atoms with Gasteiger partial charge in [-0.15, -0.1) is 0 Å². The van der Waals surface area contributed by atoms with Crippen LogP contribution in [0, 0.1) is 0 Å². The smallest absolute Gasteiger partial charge is 0.255 e. The van der Waals surface area contributed by atoms with Crippen molar-refractivity contribution in [3.05, 3.63) is 45.5 Å². The van der Waals surface area contributed by atoms with Gasteiger partial charge in [0.05, 0.1) is 12.8 Å². The van der Waals surface area contributed by atoms with Gasteiger partial charge in [0.15, 0.2) is 0 Å². The number of hydrogen-bond donors (Lipinski definition) is 1. The molecule has 4 rings (SSSR count). The van der Waals surface area contributed by atoms with E-state index in [0.717, 1.165) is 56.6 Å². The van der Waals surface area contributed by atoms with Gasteiger partial charge in [-0.1, -0.05) is 0 Å². The molecule has 2 aromatic rings. The third-order valence-electron chi connectivity index (χ3n) is 5.85. The average Bonchev–Trinajstić information content (AvgIpc) is 3.00. The molecule has 0 amide bonds. The lowest BCUT2D eigenvalue weighted by Gasteiger charge is -2.40. The lowest BCUT2D eigenvalue weighted by molar-refractivity contribution is 0.136. The summed E-state index contributed by atoms with van der Waals surface area (Å²) in [5.74, 6) is 1.30. The quantitative estimate of drug-likeness (QED) is 0.885. The molecular weight excluding hydrogens is 342 g/mol. The summed E-state index contributed by atoms with van der Waals surface area (Å²) in [5.41, 5.74) is 3.12. The SMILES string of the molecule is COc1cc(CN2CCCC3(CCc4c3nc(N(C)C)[nH]c4=O)C2)ccn1. The Bertz CT molecular complexity index is 894. The Morgan fingerprint density at radius 1 is 1.37 bits per heavy atom. The third-order valence-corrected chi connectivity index (χ3v) is 5.85. The van der Waals surface area contributed by atoms with Gasteiger partial charge in [0, 0.05) is 50.4 Å². The predicted octanol–water partition coefficient (Wildman–Crippen LogP) is 1.72. The monoisotopic (exact) mass is 369 g/mol. The molecule has 0 aromatic carbocycles. The van der Waals surface area contributed by atoms with Gasteiger partial charge in [0.2, 0.25) is 11.8 Å². The fraction of sp³-hybridized carbons (Fsp3) is 0.550. The molecule has 0 saturated carbocycles. The van der Waals surface area contributed by atoms with Crippen molar-refractivity contribution in [2.24, 2.45) is 0 Å². The molecule has 2 aliphatic rings. The van der Waals surface area contributed by atoms with Crippen LogP contribution >= 0.6 is 0 Å². The summed E-state index contributed by atoms with van der Waals surface area (Å²) in [7, 11) is 5.47. The minimum absolute atomic E-state index is 0.0102. The van der Waals surface area contributed by atoms with E-state index in [4.69, 9.17) is 9.72 Å². The van der Waals surface area contributed by atoms with Gasteiger partial charge in [-0.05, 0) is 43.9 Å². The topological polar surface area (TPSA) is 74.3 Å². The molecular formula is C20H27N5O2. The fourth-order valence-electron chi connectivity index (χ4n) is 4.53. The highest BCUT2D eigenvalue weighted by atomic mass is 16.5. The number of fused-ring (bicyclic) bond motifs is 2. The summed E-state index contributed by atoms with van der Waals surface area (Å²) in [4.78, 5) is 28.9. The minimum atomic E-state index is -0.0102. The molecule has 27 heavy (non-hydrogen) atoms. The largest absolute Gasteiger partial charge is 0.481 e. The number of H-pyrrole nitrogens is 1. The van der Waals surface area contributed by atoms with Gasteiger partial charge >= 0.3 is 0 Å². The molecule has 0 bridgehead atoms. The summed E-state index contributed by atoms with van der Waals surface area (Å²) in [6, 6.07) is 4.04. The average molecular weight is 369 g/mol. The second-order valence-electron chi connectivity index (χ2n) is 7.91. The number of nitrogens with one attached hydrogen (secondary N) is 1. The number of aromatic nitrogens is 3. The van der Waals surface area contributed by atoms with Gasteiger partial charge in [-0.25, -0.2) is 9.97 Å². The first-order valence-corrected chi connectivity index (χ1v) is 9.53. The number of hydrogen-bond acceptors (Lipinski definition) is 6. The van der Waals surface area contributed by atoms with Crippen LogP contribution < -0.4 is 15.2 Å². The standard InChI is InChI=1S/C20H27N5O2/c1-24(2)19-22-17-15(18(26)23-19)5-8-20(17)7-4-10-25(13-20)12-14-6-9-21-16(11-14)27-3/h6,9,11H,4-5,7-8,10,12-13H2,1-3H3,(H,22,23,26). The zero-order valence-corrected chi connectivity index (χ0v) is 16.3. The predicted molar refractivity (Wildman–Crippen MR) is 104 cm³/mol. The highest BCUT2D eigenvalue weighted by molar-refractivity contribution is 5.39. The summed E-state index contributed by atoms with van der Waals surface area (Å²) in [6.45, 7) is 2.86. The van der Waals surface area contributed by atoms with Crippen LogP contribution in [0.4, 0.5) is 5.95 Å². The Labute approximate surface area is 159 Å². The Morgan fingerprint density at radius 3 is 3.00 bits per heavy atom. The highest BCUT2D eigenvalue weighted by Crippen LogP contribution is 2.43. The molecule has 0 radical (unpaired) electrons. The molecule has 1 aliphatic carbocycles. The number of piperidine rings is 1. The maximum atomic E-state index is 12.5. The first kappa shape index (κ1) is 18.0. The van der Waals surface area contributed by atoms with Crippen molar-refractivity contribution in [3.63, 3.8) is 0 Å². The van der Waals surface area contributed by atoms with E-state index in [1.54, 1.807) is 13.3 Å². The van der Waals surface area contributed by atoms with Crippen LogP contribution in [-0.2, 0) is 18.4 Å². The molecule has 144 valence electrons. The van der Waals surface area contributed by atoms with Crippen molar-refractivity contribution in [3.8, 4) is 5.88 Å². The van der Waals surface area contributed by atoms with E-state index < -0.39 is 0 Å². The molecule has 7 nitrogen and oxygen atoms in total. The number of likely N-dealkylation sites (tertiary alicyclic amines) is 1. The lowest BCUT2D eigenvalue weighted by atomic mass is 9.77. The van der Waals surface area contributed by atoms with Crippen LogP contribution in [0.3, 0.4) is 0 Å². The van der Waals surface area contributed by atoms with Crippen molar-refractivity contribution >= 4 is 5.95 Å². The van der Waals surface area contributed by atoms with E-state index in [0.29, 0.717) is 11.8 Å². The molecule has 1 unspecified atom stereocenters. The Kier molecular flexibility index (Phi) is 4.63. The van der Waals surface area contributed by atoms with Crippen LogP contribution in [0.5, 0.6) is 5.88 Å². The Morgan fingerprint density at radius 2 is 2.22 bits per heavy atom. The van der Waals surface area contributed by atoms with Gasteiger partial charge in [0.1, 0.15) is 0 Å². The first-order chi connectivity index (χ1) is 13.0. The second-order valence-corrected chi connectivity index (χ2v) is 7.91.